The van der Waals surface area contributed by atoms with E-state index in [0.717, 1.165) is 6.07 Å². The van der Waals surface area contributed by atoms with Crippen LogP contribution in [0.15, 0.2) is 16.7 Å². The largest absolute Gasteiger partial charge is 0.419 e. The van der Waals surface area contributed by atoms with Gasteiger partial charge in [0.1, 0.15) is 5.82 Å². The number of nitrogens with one attached hydrogen (secondary N) is 1. The SMILES string of the molecule is COC(C)CNc1ncc(Br)cc1C(F)(F)F. The molecule has 17 heavy (non-hydrogen) atoms. The molecule has 3 nitrogen and oxygen atoms in total. The zero-order valence-electron chi connectivity index (χ0n) is 9.31. The van der Waals surface area contributed by atoms with E-state index in [2.05, 4.69) is 26.2 Å². The van der Waals surface area contributed by atoms with Crippen LogP contribution < -0.4 is 5.32 Å². The fourth-order valence-electron chi connectivity index (χ4n) is 1.12. The lowest BCUT2D eigenvalue weighted by molar-refractivity contribution is -0.137. The number of ether oxygens (including phenoxy) is 1. The summed E-state index contributed by atoms with van der Waals surface area (Å²) < 4.78 is 43.3. The van der Waals surface area contributed by atoms with Crippen molar-refractivity contribution in [3.05, 3.63) is 22.3 Å². The highest BCUT2D eigenvalue weighted by Gasteiger charge is 2.34. The van der Waals surface area contributed by atoms with Gasteiger partial charge in [-0.3, -0.25) is 0 Å². The van der Waals surface area contributed by atoms with Crippen molar-refractivity contribution < 1.29 is 17.9 Å². The van der Waals surface area contributed by atoms with Crippen LogP contribution in [0.5, 0.6) is 0 Å². The van der Waals surface area contributed by atoms with Crippen molar-refractivity contribution in [2.45, 2.75) is 19.2 Å². The molecule has 1 N–H and O–H groups in total. The highest BCUT2D eigenvalue weighted by atomic mass is 79.9. The number of halogens is 4. The quantitative estimate of drug-likeness (QED) is 0.926. The molecule has 0 aromatic carbocycles. The minimum Gasteiger partial charge on any atom is -0.380 e. The van der Waals surface area contributed by atoms with Crippen LogP contribution in [-0.4, -0.2) is 24.7 Å². The van der Waals surface area contributed by atoms with Crippen molar-refractivity contribution in [2.75, 3.05) is 19.0 Å². The van der Waals surface area contributed by atoms with Crippen LogP contribution in [0.3, 0.4) is 0 Å². The Morgan fingerprint density at radius 3 is 2.71 bits per heavy atom. The molecule has 1 atom stereocenters. The number of methoxy groups -OCH3 is 1. The molecule has 1 heterocycles. The molecule has 0 aliphatic rings. The van der Waals surface area contributed by atoms with E-state index in [9.17, 15) is 13.2 Å². The van der Waals surface area contributed by atoms with Crippen LogP contribution in [0.1, 0.15) is 12.5 Å². The molecule has 0 amide bonds. The second-order valence-corrected chi connectivity index (χ2v) is 4.39. The summed E-state index contributed by atoms with van der Waals surface area (Å²) in [6, 6.07) is 0.993. The van der Waals surface area contributed by atoms with Crippen LogP contribution in [0.25, 0.3) is 0 Å². The van der Waals surface area contributed by atoms with E-state index in [1.165, 1.54) is 13.3 Å². The van der Waals surface area contributed by atoms with E-state index in [-0.39, 0.29) is 22.9 Å². The van der Waals surface area contributed by atoms with Gasteiger partial charge in [0.15, 0.2) is 0 Å². The van der Waals surface area contributed by atoms with E-state index in [1.54, 1.807) is 6.92 Å². The number of nitrogens with zero attached hydrogens (tertiary/aromatic N) is 1. The van der Waals surface area contributed by atoms with Crippen molar-refractivity contribution in [2.24, 2.45) is 0 Å². The molecule has 0 aliphatic carbocycles. The predicted octanol–water partition coefficient (Wildman–Crippen LogP) is 3.31. The van der Waals surface area contributed by atoms with Crippen molar-refractivity contribution in [3.8, 4) is 0 Å². The Morgan fingerprint density at radius 1 is 1.53 bits per heavy atom. The molecular formula is C10H12BrF3N2O. The van der Waals surface area contributed by atoms with Gasteiger partial charge >= 0.3 is 6.18 Å². The summed E-state index contributed by atoms with van der Waals surface area (Å²) in [7, 11) is 1.49. The molecule has 0 bridgehead atoms. The third-order valence-electron chi connectivity index (χ3n) is 2.12. The summed E-state index contributed by atoms with van der Waals surface area (Å²) in [5.74, 6) is -0.190. The minimum absolute atomic E-state index is 0.190. The summed E-state index contributed by atoms with van der Waals surface area (Å²) in [5.41, 5.74) is -0.796. The van der Waals surface area contributed by atoms with Gasteiger partial charge in [-0.2, -0.15) is 13.2 Å². The van der Waals surface area contributed by atoms with Crippen LogP contribution in [-0.2, 0) is 10.9 Å². The average molecular weight is 313 g/mol. The third-order valence-corrected chi connectivity index (χ3v) is 2.55. The Morgan fingerprint density at radius 2 is 2.18 bits per heavy atom. The molecule has 1 aromatic rings. The maximum absolute atomic E-state index is 12.7. The zero-order chi connectivity index (χ0) is 13.1. The maximum Gasteiger partial charge on any atom is 0.419 e. The van der Waals surface area contributed by atoms with Gasteiger partial charge in [-0.25, -0.2) is 4.98 Å². The Labute approximate surface area is 106 Å². The van der Waals surface area contributed by atoms with Crippen LogP contribution in [0, 0.1) is 0 Å². The fourth-order valence-corrected chi connectivity index (χ4v) is 1.45. The molecular weight excluding hydrogens is 301 g/mol. The standard InChI is InChI=1S/C10H12BrF3N2O/c1-6(17-2)4-15-9-8(10(12,13)14)3-7(11)5-16-9/h3,5-6H,4H2,1-2H3,(H,15,16). The first-order chi connectivity index (χ1) is 7.84. The van der Waals surface area contributed by atoms with Gasteiger partial charge in [-0.15, -0.1) is 0 Å². The number of aromatic nitrogens is 1. The zero-order valence-corrected chi connectivity index (χ0v) is 10.9. The van der Waals surface area contributed by atoms with Gasteiger partial charge < -0.3 is 10.1 Å². The van der Waals surface area contributed by atoms with Gasteiger partial charge in [0, 0.05) is 24.3 Å². The fraction of sp³-hybridized carbons (Fsp3) is 0.500. The smallest absolute Gasteiger partial charge is 0.380 e. The van der Waals surface area contributed by atoms with Crippen LogP contribution >= 0.6 is 15.9 Å². The molecule has 0 aliphatic heterocycles. The summed E-state index contributed by atoms with van der Waals surface area (Å²) in [6.07, 6.45) is -3.31. The highest BCUT2D eigenvalue weighted by molar-refractivity contribution is 9.10. The molecule has 1 rings (SSSR count). The first kappa shape index (κ1) is 14.2. The second kappa shape index (κ2) is 5.68. The topological polar surface area (TPSA) is 34.1 Å². The maximum atomic E-state index is 12.7. The lowest BCUT2D eigenvalue weighted by Gasteiger charge is -2.16. The first-order valence-electron chi connectivity index (χ1n) is 4.84. The van der Waals surface area contributed by atoms with Gasteiger partial charge in [0.25, 0.3) is 0 Å². The van der Waals surface area contributed by atoms with Crippen LogP contribution in [0.2, 0.25) is 0 Å². The lowest BCUT2D eigenvalue weighted by Crippen LogP contribution is -2.21. The van der Waals surface area contributed by atoms with Crippen molar-refractivity contribution >= 4 is 21.7 Å². The van der Waals surface area contributed by atoms with Crippen LogP contribution in [0.4, 0.5) is 19.0 Å². The number of alkyl halides is 3. The summed E-state index contributed by atoms with van der Waals surface area (Å²) in [4.78, 5) is 3.72. The Bertz CT molecular complexity index is 384. The highest BCUT2D eigenvalue weighted by Crippen LogP contribution is 2.35. The van der Waals surface area contributed by atoms with Gasteiger partial charge in [-0.05, 0) is 28.9 Å². The number of anilines is 1. The number of hydrogen-bond acceptors (Lipinski definition) is 3. The van der Waals surface area contributed by atoms with Crippen molar-refractivity contribution in [3.63, 3.8) is 0 Å². The number of hydrogen-bond donors (Lipinski definition) is 1. The first-order valence-corrected chi connectivity index (χ1v) is 5.63. The average Bonchev–Trinajstić information content (AvgIpc) is 2.25. The molecule has 1 aromatic heterocycles. The van der Waals surface area contributed by atoms with Gasteiger partial charge in [-0.1, -0.05) is 0 Å². The van der Waals surface area contributed by atoms with E-state index in [1.807, 2.05) is 0 Å². The number of pyridine rings is 1. The van der Waals surface area contributed by atoms with Gasteiger partial charge in [0.05, 0.1) is 11.7 Å². The molecule has 1 unspecified atom stereocenters. The molecule has 0 radical (unpaired) electrons. The van der Waals surface area contributed by atoms with E-state index >= 15 is 0 Å². The predicted molar refractivity (Wildman–Crippen MR) is 61.9 cm³/mol. The van der Waals surface area contributed by atoms with E-state index in [0.29, 0.717) is 0 Å². The molecule has 96 valence electrons. The van der Waals surface area contributed by atoms with E-state index < -0.39 is 11.7 Å². The molecule has 0 saturated carbocycles. The minimum atomic E-state index is -4.44. The summed E-state index contributed by atoms with van der Waals surface area (Å²) >= 11 is 2.97. The van der Waals surface area contributed by atoms with E-state index in [4.69, 9.17) is 4.74 Å². The Hall–Kier alpha value is -0.820. The second-order valence-electron chi connectivity index (χ2n) is 3.47. The Balaban J connectivity index is 2.91. The number of rotatable bonds is 4. The molecule has 0 saturated heterocycles. The van der Waals surface area contributed by atoms with Crippen molar-refractivity contribution in [1.29, 1.82) is 0 Å². The van der Waals surface area contributed by atoms with Crippen molar-refractivity contribution in [1.82, 2.24) is 4.98 Å². The summed E-state index contributed by atoms with van der Waals surface area (Å²) in [6.45, 7) is 2.01. The van der Waals surface area contributed by atoms with Gasteiger partial charge in [0.2, 0.25) is 0 Å². The monoisotopic (exact) mass is 312 g/mol. The normalized spacial score (nSPS) is 13.5. The molecule has 7 heteroatoms. The Kier molecular flexibility index (Phi) is 4.76. The summed E-state index contributed by atoms with van der Waals surface area (Å²) in [5, 5.41) is 2.62. The molecule has 0 fully saturated rings. The third kappa shape index (κ3) is 4.16. The lowest BCUT2D eigenvalue weighted by atomic mass is 10.2. The molecule has 0 spiro atoms.